The van der Waals surface area contributed by atoms with Crippen molar-refractivity contribution >= 4 is 21.4 Å². The fourth-order valence-electron chi connectivity index (χ4n) is 4.52. The molecule has 0 aromatic heterocycles. The summed E-state index contributed by atoms with van der Waals surface area (Å²) in [5.41, 5.74) is 3.15. The fraction of sp³-hybridized carbons (Fsp3) is 0.400. The lowest BCUT2D eigenvalue weighted by Crippen LogP contribution is -3.11. The Morgan fingerprint density at radius 1 is 1.18 bits per heavy atom. The molecule has 0 saturated carbocycles. The van der Waals surface area contributed by atoms with Gasteiger partial charge in [-0.15, -0.1) is 0 Å². The zero-order chi connectivity index (χ0) is 20.2. The largest absolute Gasteiger partial charge is 0.337 e. The van der Waals surface area contributed by atoms with E-state index in [4.69, 9.17) is 0 Å². The Balaban J connectivity index is 1.86. The van der Waals surface area contributed by atoms with Crippen LogP contribution < -0.4 is 9.21 Å². The predicted octanol–water partition coefficient (Wildman–Crippen LogP) is 1.79. The maximum atomic E-state index is 13.6. The third-order valence-electron chi connectivity index (χ3n) is 5.95. The van der Waals surface area contributed by atoms with E-state index >= 15 is 0 Å². The fourth-order valence-corrected chi connectivity index (χ4v) is 6.29. The van der Waals surface area contributed by atoms with Crippen LogP contribution in [0.4, 0.5) is 11.4 Å². The highest BCUT2D eigenvalue weighted by atomic mass is 32.2. The van der Waals surface area contributed by atoms with Crippen molar-refractivity contribution in [2.45, 2.75) is 37.1 Å². The highest BCUT2D eigenvalue weighted by molar-refractivity contribution is 7.92. The number of nitrogens with zero attached hydrogens (tertiary/aromatic N) is 2. The Morgan fingerprint density at radius 2 is 1.93 bits per heavy atom. The Labute approximate surface area is 164 Å². The molecule has 2 aliphatic rings. The minimum absolute atomic E-state index is 0.0248. The molecule has 4 rings (SSSR count). The molecule has 2 aromatic carbocycles. The zero-order valence-corrected chi connectivity index (χ0v) is 17.0. The highest BCUT2D eigenvalue weighted by Crippen LogP contribution is 2.46. The quantitative estimate of drug-likeness (QED) is 0.627. The third kappa shape index (κ3) is 2.87. The first-order valence-corrected chi connectivity index (χ1v) is 10.9. The SMILES string of the molecule is Cc1ccc2c(c1)[C@@H]1C[NH+](C)CC[C@@H]1N2S(=O)(=O)c1ccc(C)c([N+](=O)[O-])c1. The van der Waals surface area contributed by atoms with Gasteiger partial charge >= 0.3 is 0 Å². The zero-order valence-electron chi connectivity index (χ0n) is 16.2. The minimum Gasteiger partial charge on any atom is -0.337 e. The number of benzene rings is 2. The van der Waals surface area contributed by atoms with Crippen LogP contribution in [0.3, 0.4) is 0 Å². The highest BCUT2D eigenvalue weighted by Gasteiger charge is 2.48. The number of aryl methyl sites for hydroxylation is 2. The molecule has 28 heavy (non-hydrogen) atoms. The van der Waals surface area contributed by atoms with E-state index in [0.29, 0.717) is 11.3 Å². The lowest BCUT2D eigenvalue weighted by molar-refractivity contribution is -0.886. The summed E-state index contributed by atoms with van der Waals surface area (Å²) in [5.74, 6) is 0.138. The van der Waals surface area contributed by atoms with Gasteiger partial charge in [-0.1, -0.05) is 23.8 Å². The lowest BCUT2D eigenvalue weighted by Gasteiger charge is -2.34. The van der Waals surface area contributed by atoms with Crippen LogP contribution in [0.1, 0.15) is 29.0 Å². The van der Waals surface area contributed by atoms with E-state index in [1.54, 1.807) is 6.92 Å². The second-order valence-electron chi connectivity index (χ2n) is 7.94. The number of likely N-dealkylation sites (N-methyl/N-ethyl adjacent to an activating group) is 1. The summed E-state index contributed by atoms with van der Waals surface area (Å²) < 4.78 is 28.7. The van der Waals surface area contributed by atoms with Crippen LogP contribution in [-0.4, -0.2) is 39.5 Å². The standard InChI is InChI=1S/C20H23N3O4S/c1-13-4-7-18-16(10-13)17-12-21(3)9-8-19(17)22(18)28(26,27)15-6-5-14(2)20(11-15)23(24)25/h4-7,10-11,17,19H,8-9,12H2,1-3H3/p+1/t17-,19-/m0/s1. The monoisotopic (exact) mass is 402 g/mol. The number of quaternary nitrogens is 1. The average molecular weight is 402 g/mol. The van der Waals surface area contributed by atoms with Gasteiger partial charge in [0.05, 0.1) is 47.6 Å². The number of rotatable bonds is 3. The van der Waals surface area contributed by atoms with E-state index in [1.165, 1.54) is 27.4 Å². The van der Waals surface area contributed by atoms with Crippen LogP contribution in [0.15, 0.2) is 41.3 Å². The third-order valence-corrected chi connectivity index (χ3v) is 7.79. The molecule has 1 fully saturated rings. The van der Waals surface area contributed by atoms with Gasteiger partial charge in [-0.05, 0) is 31.5 Å². The molecule has 148 valence electrons. The van der Waals surface area contributed by atoms with Crippen LogP contribution in [0, 0.1) is 24.0 Å². The van der Waals surface area contributed by atoms with Gasteiger partial charge in [0.1, 0.15) is 0 Å². The number of hydrogen-bond donors (Lipinski definition) is 1. The molecule has 1 unspecified atom stereocenters. The normalized spacial score (nSPS) is 24.0. The number of likely N-dealkylation sites (tertiary alicyclic amines) is 1. The molecule has 0 spiro atoms. The summed E-state index contributed by atoms with van der Waals surface area (Å²) in [4.78, 5) is 12.1. The number of nitrogens with one attached hydrogen (secondary N) is 1. The molecule has 0 radical (unpaired) electrons. The van der Waals surface area contributed by atoms with Gasteiger partial charge in [-0.2, -0.15) is 0 Å². The number of nitro benzene ring substituents is 1. The van der Waals surface area contributed by atoms with Gasteiger partial charge in [-0.25, -0.2) is 8.42 Å². The van der Waals surface area contributed by atoms with Crippen molar-refractivity contribution in [2.24, 2.45) is 0 Å². The number of nitro groups is 1. The molecule has 3 atom stereocenters. The molecule has 0 aliphatic carbocycles. The van der Waals surface area contributed by atoms with Crippen LogP contribution in [0.2, 0.25) is 0 Å². The summed E-state index contributed by atoms with van der Waals surface area (Å²) in [6, 6.07) is 9.90. The summed E-state index contributed by atoms with van der Waals surface area (Å²) in [5, 5.41) is 11.3. The molecule has 2 aromatic rings. The molecular formula is C20H24N3O4S+. The van der Waals surface area contributed by atoms with Crippen molar-refractivity contribution < 1.29 is 18.2 Å². The molecule has 8 heteroatoms. The second-order valence-corrected chi connectivity index (χ2v) is 9.76. The topological polar surface area (TPSA) is 85.0 Å². The van der Waals surface area contributed by atoms with Gasteiger partial charge in [0.15, 0.2) is 0 Å². The van der Waals surface area contributed by atoms with Crippen molar-refractivity contribution in [1.82, 2.24) is 0 Å². The summed E-state index contributed by atoms with van der Waals surface area (Å²) >= 11 is 0. The van der Waals surface area contributed by atoms with Gasteiger partial charge in [0.25, 0.3) is 15.7 Å². The average Bonchev–Trinajstić information content (AvgIpc) is 2.95. The van der Waals surface area contributed by atoms with Crippen LogP contribution in [-0.2, 0) is 10.0 Å². The maximum absolute atomic E-state index is 13.6. The molecular weight excluding hydrogens is 378 g/mol. The molecule has 2 heterocycles. The number of piperidine rings is 1. The first kappa shape index (κ1) is 18.9. The summed E-state index contributed by atoms with van der Waals surface area (Å²) in [6.45, 7) is 5.39. The Bertz CT molecular complexity index is 1070. The van der Waals surface area contributed by atoms with Crippen molar-refractivity contribution in [2.75, 3.05) is 24.4 Å². The van der Waals surface area contributed by atoms with E-state index in [2.05, 4.69) is 13.1 Å². The molecule has 1 N–H and O–H groups in total. The molecule has 0 amide bonds. The van der Waals surface area contributed by atoms with Crippen LogP contribution in [0.5, 0.6) is 0 Å². The first-order valence-electron chi connectivity index (χ1n) is 9.41. The molecule has 2 aliphatic heterocycles. The van der Waals surface area contributed by atoms with Crippen molar-refractivity contribution in [1.29, 1.82) is 0 Å². The summed E-state index contributed by atoms with van der Waals surface area (Å²) in [6.07, 6.45) is 0.761. The molecule has 1 saturated heterocycles. The van der Waals surface area contributed by atoms with E-state index in [-0.39, 0.29) is 22.5 Å². The van der Waals surface area contributed by atoms with Crippen molar-refractivity contribution in [3.8, 4) is 0 Å². The van der Waals surface area contributed by atoms with Crippen molar-refractivity contribution in [3.63, 3.8) is 0 Å². The Morgan fingerprint density at radius 3 is 2.64 bits per heavy atom. The first-order chi connectivity index (χ1) is 13.2. The Hall–Kier alpha value is -2.45. The van der Waals surface area contributed by atoms with Crippen LogP contribution in [0.25, 0.3) is 0 Å². The van der Waals surface area contributed by atoms with Crippen LogP contribution >= 0.6 is 0 Å². The van der Waals surface area contributed by atoms with E-state index in [1.807, 2.05) is 19.1 Å². The van der Waals surface area contributed by atoms with Gasteiger partial charge in [0, 0.05) is 18.1 Å². The number of anilines is 1. The minimum atomic E-state index is -3.91. The van der Waals surface area contributed by atoms with Gasteiger partial charge in [0.2, 0.25) is 0 Å². The molecule has 7 nitrogen and oxygen atoms in total. The van der Waals surface area contributed by atoms with Gasteiger partial charge < -0.3 is 4.90 Å². The second kappa shape index (κ2) is 6.56. The smallest absolute Gasteiger partial charge is 0.273 e. The maximum Gasteiger partial charge on any atom is 0.273 e. The van der Waals surface area contributed by atoms with Gasteiger partial charge in [-0.3, -0.25) is 14.4 Å². The Kier molecular flexibility index (Phi) is 4.43. The van der Waals surface area contributed by atoms with Crippen molar-refractivity contribution in [3.05, 3.63) is 63.2 Å². The molecule has 0 bridgehead atoms. The summed E-state index contributed by atoms with van der Waals surface area (Å²) in [7, 11) is -1.77. The van der Waals surface area contributed by atoms with E-state index < -0.39 is 14.9 Å². The number of sulfonamides is 1. The number of hydrogen-bond acceptors (Lipinski definition) is 4. The predicted molar refractivity (Wildman–Crippen MR) is 106 cm³/mol. The van der Waals surface area contributed by atoms with E-state index in [0.717, 1.165) is 30.6 Å². The van der Waals surface area contributed by atoms with E-state index in [9.17, 15) is 18.5 Å². The lowest BCUT2D eigenvalue weighted by atomic mass is 9.89. The number of fused-ring (bicyclic) bond motifs is 3.